The topological polar surface area (TPSA) is 35.2 Å². The lowest BCUT2D eigenvalue weighted by Crippen LogP contribution is -2.21. The number of ether oxygens (including phenoxy) is 1. The number of hydrogen-bond donors (Lipinski definition) is 1. The van der Waals surface area contributed by atoms with E-state index in [4.69, 9.17) is 10.5 Å². The van der Waals surface area contributed by atoms with E-state index in [-0.39, 0.29) is 12.6 Å². The normalized spacial score (nSPS) is 13.3. The molecular weight excluding hydrogens is 267 g/mol. The molecule has 0 fully saturated rings. The van der Waals surface area contributed by atoms with Gasteiger partial charge in [-0.15, -0.1) is 0 Å². The average Bonchev–Trinajstić information content (AvgIpc) is 2.31. The highest BCUT2D eigenvalue weighted by Crippen LogP contribution is 2.27. The van der Waals surface area contributed by atoms with E-state index < -0.39 is 12.6 Å². The molecule has 0 saturated carbocycles. The summed E-state index contributed by atoms with van der Waals surface area (Å²) in [6.45, 7) is 5.37. The van der Waals surface area contributed by atoms with Gasteiger partial charge in [-0.1, -0.05) is 19.1 Å². The zero-order chi connectivity index (χ0) is 15.3. The van der Waals surface area contributed by atoms with Crippen LogP contribution < -0.4 is 10.5 Å². The van der Waals surface area contributed by atoms with E-state index in [1.54, 1.807) is 0 Å². The molecule has 0 radical (unpaired) electrons. The molecule has 1 aromatic rings. The summed E-state index contributed by atoms with van der Waals surface area (Å²) < 4.78 is 41.6. The first-order chi connectivity index (χ1) is 9.23. The summed E-state index contributed by atoms with van der Waals surface area (Å²) in [5.41, 5.74) is 8.71. The van der Waals surface area contributed by atoms with Crippen LogP contribution in [0.3, 0.4) is 0 Å². The molecule has 0 amide bonds. The molecule has 0 spiro atoms. The minimum atomic E-state index is -4.18. The molecule has 5 heteroatoms. The van der Waals surface area contributed by atoms with Crippen molar-refractivity contribution in [2.24, 2.45) is 5.73 Å². The van der Waals surface area contributed by atoms with Crippen LogP contribution in [0.2, 0.25) is 0 Å². The van der Waals surface area contributed by atoms with E-state index in [1.165, 1.54) is 0 Å². The molecule has 20 heavy (non-hydrogen) atoms. The second kappa shape index (κ2) is 6.97. The number of alkyl halides is 3. The Hall–Kier alpha value is -1.23. The van der Waals surface area contributed by atoms with Gasteiger partial charge in [0.25, 0.3) is 0 Å². The van der Waals surface area contributed by atoms with Crippen LogP contribution in [-0.4, -0.2) is 18.8 Å². The second-order valence-electron chi connectivity index (χ2n) is 5.14. The number of benzene rings is 1. The Morgan fingerprint density at radius 3 is 2.20 bits per heavy atom. The predicted molar refractivity (Wildman–Crippen MR) is 74.1 cm³/mol. The van der Waals surface area contributed by atoms with Crippen molar-refractivity contribution in [3.8, 4) is 5.75 Å². The molecule has 2 N–H and O–H groups in total. The molecule has 1 aromatic carbocycles. The van der Waals surface area contributed by atoms with Gasteiger partial charge in [0.05, 0.1) is 13.0 Å². The fraction of sp³-hybridized carbons (Fsp3) is 0.600. The summed E-state index contributed by atoms with van der Waals surface area (Å²) in [5, 5.41) is 0. The van der Waals surface area contributed by atoms with Crippen molar-refractivity contribution < 1.29 is 17.9 Å². The molecule has 0 aliphatic heterocycles. The minimum Gasteiger partial charge on any atom is -0.493 e. The number of rotatable bonds is 6. The van der Waals surface area contributed by atoms with Gasteiger partial charge in [-0.2, -0.15) is 13.2 Å². The summed E-state index contributed by atoms with van der Waals surface area (Å²) in [4.78, 5) is 0. The molecule has 1 atom stereocenters. The maximum Gasteiger partial charge on any atom is 0.392 e. The third-order valence-corrected chi connectivity index (χ3v) is 3.17. The van der Waals surface area contributed by atoms with Gasteiger partial charge < -0.3 is 10.5 Å². The molecule has 0 bridgehead atoms. The van der Waals surface area contributed by atoms with Crippen molar-refractivity contribution in [3.63, 3.8) is 0 Å². The summed E-state index contributed by atoms with van der Waals surface area (Å²) in [5.74, 6) is 0.545. The van der Waals surface area contributed by atoms with Crippen LogP contribution in [0.25, 0.3) is 0 Å². The number of hydrogen-bond acceptors (Lipinski definition) is 2. The van der Waals surface area contributed by atoms with Gasteiger partial charge in [0, 0.05) is 6.04 Å². The Morgan fingerprint density at radius 2 is 1.75 bits per heavy atom. The van der Waals surface area contributed by atoms with Crippen LogP contribution in [0.4, 0.5) is 13.2 Å². The van der Waals surface area contributed by atoms with Crippen LogP contribution in [0.15, 0.2) is 12.1 Å². The van der Waals surface area contributed by atoms with Gasteiger partial charge >= 0.3 is 6.18 Å². The van der Waals surface area contributed by atoms with Crippen molar-refractivity contribution in [3.05, 3.63) is 28.8 Å². The zero-order valence-corrected chi connectivity index (χ0v) is 12.2. The van der Waals surface area contributed by atoms with E-state index in [0.717, 1.165) is 29.5 Å². The number of aryl methyl sites for hydroxylation is 2. The second-order valence-corrected chi connectivity index (χ2v) is 5.14. The molecule has 0 aromatic heterocycles. The van der Waals surface area contributed by atoms with Crippen molar-refractivity contribution in [1.29, 1.82) is 0 Å². The van der Waals surface area contributed by atoms with E-state index in [2.05, 4.69) is 0 Å². The maximum atomic E-state index is 12.1. The molecule has 2 nitrogen and oxygen atoms in total. The van der Waals surface area contributed by atoms with E-state index in [0.29, 0.717) is 5.75 Å². The van der Waals surface area contributed by atoms with Gasteiger partial charge in [-0.05, 0) is 43.4 Å². The van der Waals surface area contributed by atoms with Gasteiger partial charge in [-0.3, -0.25) is 0 Å². The Kier molecular flexibility index (Phi) is 5.87. The smallest absolute Gasteiger partial charge is 0.392 e. The number of nitrogens with two attached hydrogens (primary N) is 1. The van der Waals surface area contributed by atoms with Gasteiger partial charge in [0.1, 0.15) is 5.75 Å². The summed E-state index contributed by atoms with van der Waals surface area (Å²) in [7, 11) is 0. The molecule has 0 saturated heterocycles. The maximum absolute atomic E-state index is 12.1. The first kappa shape index (κ1) is 16.8. The van der Waals surface area contributed by atoms with Crippen LogP contribution in [0, 0.1) is 13.8 Å². The summed E-state index contributed by atoms with van der Waals surface area (Å²) >= 11 is 0. The molecule has 1 rings (SSSR count). The minimum absolute atomic E-state index is 0.103. The molecule has 1 unspecified atom stereocenters. The Morgan fingerprint density at radius 1 is 1.20 bits per heavy atom. The first-order valence-corrected chi connectivity index (χ1v) is 6.78. The highest BCUT2D eigenvalue weighted by molar-refractivity contribution is 5.43. The monoisotopic (exact) mass is 289 g/mol. The lowest BCUT2D eigenvalue weighted by Gasteiger charge is -2.16. The fourth-order valence-corrected chi connectivity index (χ4v) is 2.10. The third-order valence-electron chi connectivity index (χ3n) is 3.17. The van der Waals surface area contributed by atoms with Gasteiger partial charge in [0.15, 0.2) is 0 Å². The molecule has 0 aliphatic carbocycles. The Labute approximate surface area is 118 Å². The number of halogens is 3. The standard InChI is InChI=1S/C15H22F3NO/c1-4-13(19)9-12-7-10(2)14(11(3)8-12)20-6-5-15(16,17)18/h7-8,13H,4-6,9,19H2,1-3H3. The molecule has 0 aliphatic rings. The van der Waals surface area contributed by atoms with E-state index in [1.807, 2.05) is 32.9 Å². The highest BCUT2D eigenvalue weighted by atomic mass is 19.4. The lowest BCUT2D eigenvalue weighted by molar-refractivity contribution is -0.139. The Bertz CT molecular complexity index is 420. The van der Waals surface area contributed by atoms with Crippen molar-refractivity contribution in [2.45, 2.75) is 52.3 Å². The van der Waals surface area contributed by atoms with E-state index >= 15 is 0 Å². The lowest BCUT2D eigenvalue weighted by atomic mass is 9.99. The van der Waals surface area contributed by atoms with E-state index in [9.17, 15) is 13.2 Å². The average molecular weight is 289 g/mol. The van der Waals surface area contributed by atoms with Crippen molar-refractivity contribution in [2.75, 3.05) is 6.61 Å². The highest BCUT2D eigenvalue weighted by Gasteiger charge is 2.27. The summed E-state index contributed by atoms with van der Waals surface area (Å²) in [6, 6.07) is 3.97. The molecule has 114 valence electrons. The van der Waals surface area contributed by atoms with Crippen LogP contribution >= 0.6 is 0 Å². The summed E-state index contributed by atoms with van der Waals surface area (Å²) in [6.07, 6.45) is -3.47. The molecule has 0 heterocycles. The Balaban J connectivity index is 2.74. The van der Waals surface area contributed by atoms with Crippen LogP contribution in [0.5, 0.6) is 5.75 Å². The third kappa shape index (κ3) is 5.41. The van der Waals surface area contributed by atoms with Gasteiger partial charge in [-0.25, -0.2) is 0 Å². The first-order valence-electron chi connectivity index (χ1n) is 6.78. The predicted octanol–water partition coefficient (Wildman–Crippen LogP) is 3.91. The van der Waals surface area contributed by atoms with Crippen molar-refractivity contribution in [1.82, 2.24) is 0 Å². The SMILES string of the molecule is CCC(N)Cc1cc(C)c(OCCC(F)(F)F)c(C)c1. The van der Waals surface area contributed by atoms with Crippen LogP contribution in [0.1, 0.15) is 36.5 Å². The fourth-order valence-electron chi connectivity index (χ4n) is 2.10. The zero-order valence-electron chi connectivity index (χ0n) is 12.2. The largest absolute Gasteiger partial charge is 0.493 e. The van der Waals surface area contributed by atoms with Gasteiger partial charge in [0.2, 0.25) is 0 Å². The molecular formula is C15H22F3NO. The van der Waals surface area contributed by atoms with Crippen molar-refractivity contribution >= 4 is 0 Å². The quantitative estimate of drug-likeness (QED) is 0.861. The van der Waals surface area contributed by atoms with Crippen LogP contribution in [-0.2, 0) is 6.42 Å².